The van der Waals surface area contributed by atoms with Crippen molar-refractivity contribution in [2.75, 3.05) is 38.0 Å². The fraction of sp³-hybridized carbons (Fsp3) is 0.688. The molecular weight excluding hydrogens is 294 g/mol. The number of nitrogens with zero attached hydrogens (tertiary/aromatic N) is 4. The van der Waals surface area contributed by atoms with Gasteiger partial charge in [0.2, 0.25) is 0 Å². The van der Waals surface area contributed by atoms with Gasteiger partial charge in [0.05, 0.1) is 11.3 Å². The number of rotatable bonds is 4. The van der Waals surface area contributed by atoms with Gasteiger partial charge in [0.1, 0.15) is 0 Å². The van der Waals surface area contributed by atoms with Gasteiger partial charge < -0.3 is 10.0 Å². The smallest absolute Gasteiger partial charge is 0.323 e. The number of urea groups is 1. The third-order valence-corrected chi connectivity index (χ3v) is 4.19. The number of aliphatic hydroxyl groups is 1. The Morgan fingerprint density at radius 3 is 2.48 bits per heavy atom. The monoisotopic (exact) mass is 319 g/mol. The van der Waals surface area contributed by atoms with E-state index in [0.29, 0.717) is 31.4 Å². The highest BCUT2D eigenvalue weighted by Gasteiger charge is 2.26. The molecule has 0 unspecified atom stereocenters. The summed E-state index contributed by atoms with van der Waals surface area (Å²) in [6, 6.07) is 3.63. The number of nitrogens with one attached hydrogen (secondary N) is 1. The van der Waals surface area contributed by atoms with Gasteiger partial charge >= 0.3 is 6.03 Å². The van der Waals surface area contributed by atoms with Gasteiger partial charge in [-0.25, -0.2) is 4.79 Å². The van der Waals surface area contributed by atoms with E-state index in [9.17, 15) is 9.90 Å². The molecule has 7 heteroatoms. The summed E-state index contributed by atoms with van der Waals surface area (Å²) in [4.78, 5) is 16.2. The van der Waals surface area contributed by atoms with Gasteiger partial charge in [-0.05, 0) is 38.8 Å². The number of piperazine rings is 1. The average molecular weight is 319 g/mol. The van der Waals surface area contributed by atoms with Crippen LogP contribution in [0.3, 0.4) is 0 Å². The summed E-state index contributed by atoms with van der Waals surface area (Å²) in [5.74, 6) is 1.06. The van der Waals surface area contributed by atoms with Crippen molar-refractivity contribution in [3.8, 4) is 0 Å². The maximum atomic E-state index is 12.3. The Hall–Kier alpha value is -1.73. The summed E-state index contributed by atoms with van der Waals surface area (Å²) in [5.41, 5.74) is 0.312. The van der Waals surface area contributed by atoms with Gasteiger partial charge in [-0.15, -0.1) is 5.10 Å². The van der Waals surface area contributed by atoms with Crippen LogP contribution in [0.15, 0.2) is 12.1 Å². The molecule has 2 amide bonds. The van der Waals surface area contributed by atoms with Crippen molar-refractivity contribution in [1.29, 1.82) is 0 Å². The summed E-state index contributed by atoms with van der Waals surface area (Å²) in [5, 5.41) is 20.9. The van der Waals surface area contributed by atoms with E-state index in [1.807, 2.05) is 12.1 Å². The minimum absolute atomic E-state index is 0.138. The largest absolute Gasteiger partial charge is 0.389 e. The molecule has 0 radical (unpaired) electrons. The van der Waals surface area contributed by atoms with Gasteiger partial charge in [-0.2, -0.15) is 5.10 Å². The van der Waals surface area contributed by atoms with Gasteiger partial charge in [0.15, 0.2) is 5.82 Å². The Balaban J connectivity index is 1.47. The van der Waals surface area contributed by atoms with Crippen LogP contribution in [-0.4, -0.2) is 69.5 Å². The topological polar surface area (TPSA) is 81.6 Å². The zero-order valence-electron chi connectivity index (χ0n) is 13.8. The van der Waals surface area contributed by atoms with Crippen LogP contribution in [0.4, 0.5) is 10.6 Å². The SMILES string of the molecule is CC(C)(O)CN1CCN(C(=O)Nc2ccc(C3CC3)nn2)CC1. The summed E-state index contributed by atoms with van der Waals surface area (Å²) in [7, 11) is 0. The molecule has 3 rings (SSSR count). The van der Waals surface area contributed by atoms with Crippen LogP contribution in [-0.2, 0) is 0 Å². The minimum atomic E-state index is -0.705. The number of hydrogen-bond acceptors (Lipinski definition) is 5. The molecule has 0 spiro atoms. The average Bonchev–Trinajstić information content (AvgIpc) is 3.32. The van der Waals surface area contributed by atoms with Gasteiger partial charge in [0, 0.05) is 38.6 Å². The van der Waals surface area contributed by atoms with E-state index in [4.69, 9.17) is 0 Å². The van der Waals surface area contributed by atoms with Crippen molar-refractivity contribution in [2.45, 2.75) is 38.2 Å². The predicted molar refractivity (Wildman–Crippen MR) is 87.3 cm³/mol. The summed E-state index contributed by atoms with van der Waals surface area (Å²) in [6.45, 7) is 7.06. The van der Waals surface area contributed by atoms with Crippen molar-refractivity contribution < 1.29 is 9.90 Å². The van der Waals surface area contributed by atoms with Crippen LogP contribution in [0.2, 0.25) is 0 Å². The Kier molecular flexibility index (Phi) is 4.50. The molecule has 23 heavy (non-hydrogen) atoms. The summed E-state index contributed by atoms with van der Waals surface area (Å²) in [6.07, 6.45) is 2.38. The lowest BCUT2D eigenvalue weighted by molar-refractivity contribution is 0.0231. The molecule has 1 aromatic rings. The van der Waals surface area contributed by atoms with Crippen LogP contribution < -0.4 is 5.32 Å². The maximum Gasteiger partial charge on any atom is 0.323 e. The summed E-state index contributed by atoms with van der Waals surface area (Å²) < 4.78 is 0. The van der Waals surface area contributed by atoms with Gasteiger partial charge in [-0.1, -0.05) is 0 Å². The van der Waals surface area contributed by atoms with Crippen LogP contribution in [0.1, 0.15) is 38.3 Å². The first-order chi connectivity index (χ1) is 10.9. The van der Waals surface area contributed by atoms with Crippen molar-refractivity contribution in [2.24, 2.45) is 0 Å². The number of carbonyl (C=O) groups is 1. The molecule has 1 saturated heterocycles. The molecule has 0 bridgehead atoms. The number of β-amino-alcohol motifs (C(OH)–C–C–N with tert-alkyl or cyclic N) is 1. The minimum Gasteiger partial charge on any atom is -0.389 e. The van der Waals surface area contributed by atoms with E-state index in [1.165, 1.54) is 12.8 Å². The fourth-order valence-corrected chi connectivity index (χ4v) is 2.85. The first-order valence-electron chi connectivity index (χ1n) is 8.25. The molecule has 7 nitrogen and oxygen atoms in total. The van der Waals surface area contributed by atoms with E-state index < -0.39 is 5.60 Å². The number of anilines is 1. The predicted octanol–water partition coefficient (Wildman–Crippen LogP) is 1.27. The molecule has 126 valence electrons. The fourth-order valence-electron chi connectivity index (χ4n) is 2.85. The van der Waals surface area contributed by atoms with Crippen LogP contribution in [0.25, 0.3) is 0 Å². The molecule has 1 aliphatic carbocycles. The second-order valence-corrected chi connectivity index (χ2v) is 7.12. The van der Waals surface area contributed by atoms with E-state index >= 15 is 0 Å². The number of hydrogen-bond donors (Lipinski definition) is 2. The Morgan fingerprint density at radius 2 is 1.96 bits per heavy atom. The second kappa shape index (κ2) is 6.41. The van der Waals surface area contributed by atoms with E-state index in [1.54, 1.807) is 18.7 Å². The molecule has 2 heterocycles. The maximum absolute atomic E-state index is 12.3. The molecule has 2 N–H and O–H groups in total. The Labute approximate surface area is 136 Å². The van der Waals surface area contributed by atoms with Crippen molar-refractivity contribution in [3.05, 3.63) is 17.8 Å². The third kappa shape index (κ3) is 4.62. The van der Waals surface area contributed by atoms with Crippen molar-refractivity contribution >= 4 is 11.8 Å². The van der Waals surface area contributed by atoms with E-state index in [0.717, 1.165) is 18.8 Å². The van der Waals surface area contributed by atoms with Crippen molar-refractivity contribution in [1.82, 2.24) is 20.0 Å². The third-order valence-electron chi connectivity index (χ3n) is 4.19. The Morgan fingerprint density at radius 1 is 1.26 bits per heavy atom. The van der Waals surface area contributed by atoms with Crippen LogP contribution in [0, 0.1) is 0 Å². The zero-order valence-corrected chi connectivity index (χ0v) is 13.8. The van der Waals surface area contributed by atoms with Crippen LogP contribution in [0.5, 0.6) is 0 Å². The highest BCUT2D eigenvalue weighted by molar-refractivity contribution is 5.88. The second-order valence-electron chi connectivity index (χ2n) is 7.12. The summed E-state index contributed by atoms with van der Waals surface area (Å²) >= 11 is 0. The molecular formula is C16H25N5O2. The lowest BCUT2D eigenvalue weighted by Gasteiger charge is -2.37. The lowest BCUT2D eigenvalue weighted by Crippen LogP contribution is -2.52. The quantitative estimate of drug-likeness (QED) is 0.873. The van der Waals surface area contributed by atoms with Gasteiger partial charge in [0.25, 0.3) is 0 Å². The zero-order chi connectivity index (χ0) is 16.4. The molecule has 0 aromatic carbocycles. The number of carbonyl (C=O) groups excluding carboxylic acids is 1. The lowest BCUT2D eigenvalue weighted by atomic mass is 10.1. The number of amides is 2. The standard InChI is InChI=1S/C16H25N5O2/c1-16(2,23)11-20-7-9-21(10-8-20)15(22)17-14-6-5-13(18-19-14)12-3-4-12/h5-6,12,23H,3-4,7-11H2,1-2H3,(H,17,19,22). The van der Waals surface area contributed by atoms with Gasteiger partial charge in [-0.3, -0.25) is 10.2 Å². The molecule has 1 aromatic heterocycles. The molecule has 2 fully saturated rings. The normalized spacial score (nSPS) is 19.7. The first kappa shape index (κ1) is 16.1. The van der Waals surface area contributed by atoms with Crippen LogP contribution >= 0.6 is 0 Å². The first-order valence-corrected chi connectivity index (χ1v) is 8.25. The molecule has 1 saturated carbocycles. The molecule has 0 atom stereocenters. The van der Waals surface area contributed by atoms with E-state index in [-0.39, 0.29) is 6.03 Å². The van der Waals surface area contributed by atoms with E-state index in [2.05, 4.69) is 20.4 Å². The molecule has 2 aliphatic rings. The Bertz CT molecular complexity index is 543. The highest BCUT2D eigenvalue weighted by Crippen LogP contribution is 2.38. The molecule has 1 aliphatic heterocycles. The van der Waals surface area contributed by atoms with Crippen molar-refractivity contribution in [3.63, 3.8) is 0 Å². The highest BCUT2D eigenvalue weighted by atomic mass is 16.3. The number of aromatic nitrogens is 2.